The van der Waals surface area contributed by atoms with Crippen molar-refractivity contribution in [2.75, 3.05) is 14.2 Å². The van der Waals surface area contributed by atoms with Crippen LogP contribution in [0.5, 0.6) is 11.5 Å². The largest absolute Gasteiger partial charge is 0.496 e. The Hall–Kier alpha value is -0.810. The molecule has 3 nitrogen and oxygen atoms in total. The van der Waals surface area contributed by atoms with Crippen LogP contribution >= 0.6 is 31.9 Å². The van der Waals surface area contributed by atoms with E-state index in [1.807, 2.05) is 12.1 Å². The average Bonchev–Trinajstić information content (AvgIpc) is 2.32. The van der Waals surface area contributed by atoms with Gasteiger partial charge in [0.05, 0.1) is 24.1 Å². The monoisotopic (exact) mass is 345 g/mol. The Labute approximate surface area is 110 Å². The molecule has 0 atom stereocenters. The van der Waals surface area contributed by atoms with Crippen LogP contribution < -0.4 is 9.47 Å². The quantitative estimate of drug-likeness (QED) is 0.829. The molecular formula is C11H9Br2NO2. The van der Waals surface area contributed by atoms with Gasteiger partial charge in [-0.2, -0.15) is 0 Å². The molecule has 0 fully saturated rings. The van der Waals surface area contributed by atoms with Crippen LogP contribution in [-0.4, -0.2) is 19.2 Å². The lowest BCUT2D eigenvalue weighted by Crippen LogP contribution is -1.92. The Kier molecular flexibility index (Phi) is 3.35. The van der Waals surface area contributed by atoms with Gasteiger partial charge < -0.3 is 9.47 Å². The highest BCUT2D eigenvalue weighted by atomic mass is 79.9. The molecule has 2 rings (SSSR count). The molecule has 5 heteroatoms. The number of aromatic nitrogens is 1. The Bertz CT molecular complexity index is 543. The lowest BCUT2D eigenvalue weighted by molar-refractivity contribution is 0.409. The first-order valence-corrected chi connectivity index (χ1v) is 6.12. The van der Waals surface area contributed by atoms with E-state index in [-0.39, 0.29) is 0 Å². The van der Waals surface area contributed by atoms with Crippen molar-refractivity contribution in [3.05, 3.63) is 27.3 Å². The van der Waals surface area contributed by atoms with Gasteiger partial charge >= 0.3 is 0 Å². The topological polar surface area (TPSA) is 31.4 Å². The van der Waals surface area contributed by atoms with Gasteiger partial charge in [0, 0.05) is 10.7 Å². The van der Waals surface area contributed by atoms with Crippen LogP contribution in [0, 0.1) is 0 Å². The van der Waals surface area contributed by atoms with Gasteiger partial charge in [-0.25, -0.2) is 0 Å². The number of methoxy groups -OCH3 is 2. The number of fused-ring (bicyclic) bond motifs is 1. The molecule has 16 heavy (non-hydrogen) atoms. The van der Waals surface area contributed by atoms with Gasteiger partial charge in [0.1, 0.15) is 17.0 Å². The van der Waals surface area contributed by atoms with E-state index in [0.717, 1.165) is 31.3 Å². The number of nitrogens with zero attached hydrogens (tertiary/aromatic N) is 1. The molecule has 0 saturated carbocycles. The van der Waals surface area contributed by atoms with Gasteiger partial charge in [-0.15, -0.1) is 0 Å². The highest BCUT2D eigenvalue weighted by Gasteiger charge is 2.13. The molecule has 0 spiro atoms. The first kappa shape index (κ1) is 11.7. The van der Waals surface area contributed by atoms with Crippen molar-refractivity contribution in [2.24, 2.45) is 0 Å². The van der Waals surface area contributed by atoms with Gasteiger partial charge in [-0.3, -0.25) is 4.98 Å². The maximum absolute atomic E-state index is 5.32. The van der Waals surface area contributed by atoms with Gasteiger partial charge in [0.2, 0.25) is 0 Å². The van der Waals surface area contributed by atoms with Crippen LogP contribution in [0.2, 0.25) is 0 Å². The summed E-state index contributed by atoms with van der Waals surface area (Å²) in [6.45, 7) is 0. The summed E-state index contributed by atoms with van der Waals surface area (Å²) in [6, 6.07) is 3.70. The van der Waals surface area contributed by atoms with Crippen molar-refractivity contribution in [1.29, 1.82) is 0 Å². The van der Waals surface area contributed by atoms with E-state index in [1.54, 1.807) is 20.4 Å². The zero-order chi connectivity index (χ0) is 11.7. The number of rotatable bonds is 2. The van der Waals surface area contributed by atoms with Crippen molar-refractivity contribution >= 4 is 42.8 Å². The summed E-state index contributed by atoms with van der Waals surface area (Å²) < 4.78 is 12.4. The lowest BCUT2D eigenvalue weighted by atomic mass is 10.2. The molecule has 1 aromatic carbocycles. The van der Waals surface area contributed by atoms with E-state index in [2.05, 4.69) is 36.8 Å². The molecule has 1 heterocycles. The Balaban J connectivity index is 2.90. The SMILES string of the molecule is COc1ccc(OC)c2c(Br)c(Br)cnc12. The zero-order valence-corrected chi connectivity index (χ0v) is 11.9. The number of ether oxygens (including phenoxy) is 2. The summed E-state index contributed by atoms with van der Waals surface area (Å²) >= 11 is 6.93. The van der Waals surface area contributed by atoms with Crippen LogP contribution in [0.3, 0.4) is 0 Å². The first-order valence-electron chi connectivity index (χ1n) is 4.53. The van der Waals surface area contributed by atoms with Crippen LogP contribution in [0.15, 0.2) is 27.3 Å². The number of hydrogen-bond donors (Lipinski definition) is 0. The molecule has 0 aliphatic carbocycles. The molecular weight excluding hydrogens is 338 g/mol. The van der Waals surface area contributed by atoms with E-state index < -0.39 is 0 Å². The number of benzene rings is 1. The molecule has 1 aromatic heterocycles. The van der Waals surface area contributed by atoms with Crippen molar-refractivity contribution in [3.63, 3.8) is 0 Å². The highest BCUT2D eigenvalue weighted by Crippen LogP contribution is 2.39. The summed E-state index contributed by atoms with van der Waals surface area (Å²) in [4.78, 5) is 4.34. The molecule has 0 amide bonds. The van der Waals surface area contributed by atoms with Crippen LogP contribution in [-0.2, 0) is 0 Å². The van der Waals surface area contributed by atoms with Crippen molar-refractivity contribution < 1.29 is 9.47 Å². The van der Waals surface area contributed by atoms with Crippen molar-refractivity contribution in [2.45, 2.75) is 0 Å². The molecule has 0 N–H and O–H groups in total. The fourth-order valence-corrected chi connectivity index (χ4v) is 2.31. The minimum absolute atomic E-state index is 0.726. The third kappa shape index (κ3) is 1.78. The fraction of sp³-hybridized carbons (Fsp3) is 0.182. The standard InChI is InChI=1S/C11H9Br2NO2/c1-15-7-3-4-8(16-2)11-9(7)10(13)6(12)5-14-11/h3-5H,1-2H3. The second kappa shape index (κ2) is 4.59. The number of hydrogen-bond acceptors (Lipinski definition) is 3. The van der Waals surface area contributed by atoms with Crippen LogP contribution in [0.25, 0.3) is 10.9 Å². The summed E-state index contributed by atoms with van der Waals surface area (Å²) in [5.74, 6) is 1.49. The molecule has 0 aliphatic rings. The second-order valence-electron chi connectivity index (χ2n) is 3.11. The zero-order valence-electron chi connectivity index (χ0n) is 8.75. The van der Waals surface area contributed by atoms with E-state index >= 15 is 0 Å². The maximum Gasteiger partial charge on any atom is 0.145 e. The Morgan fingerprint density at radius 3 is 2.31 bits per heavy atom. The average molecular weight is 347 g/mol. The van der Waals surface area contributed by atoms with E-state index in [1.165, 1.54) is 0 Å². The van der Waals surface area contributed by atoms with E-state index in [4.69, 9.17) is 9.47 Å². The normalized spacial score (nSPS) is 10.5. The molecule has 0 saturated heterocycles. The van der Waals surface area contributed by atoms with Crippen molar-refractivity contribution in [1.82, 2.24) is 4.98 Å². The van der Waals surface area contributed by atoms with E-state index in [9.17, 15) is 0 Å². The Morgan fingerprint density at radius 2 is 1.69 bits per heavy atom. The molecule has 84 valence electrons. The van der Waals surface area contributed by atoms with E-state index in [0.29, 0.717) is 0 Å². The lowest BCUT2D eigenvalue weighted by Gasteiger charge is -2.10. The van der Waals surface area contributed by atoms with Gasteiger partial charge in [0.25, 0.3) is 0 Å². The van der Waals surface area contributed by atoms with Crippen molar-refractivity contribution in [3.8, 4) is 11.5 Å². The van der Waals surface area contributed by atoms with Crippen LogP contribution in [0.4, 0.5) is 0 Å². The predicted octanol–water partition coefficient (Wildman–Crippen LogP) is 3.78. The predicted molar refractivity (Wildman–Crippen MR) is 70.2 cm³/mol. The highest BCUT2D eigenvalue weighted by molar-refractivity contribution is 9.13. The number of pyridine rings is 1. The molecule has 0 radical (unpaired) electrons. The summed E-state index contributed by atoms with van der Waals surface area (Å²) in [6.07, 6.45) is 1.73. The minimum atomic E-state index is 0.726. The smallest absolute Gasteiger partial charge is 0.145 e. The van der Waals surface area contributed by atoms with Gasteiger partial charge in [-0.1, -0.05) is 0 Å². The fourth-order valence-electron chi connectivity index (χ4n) is 1.53. The number of halogens is 2. The third-order valence-corrected chi connectivity index (χ3v) is 4.24. The van der Waals surface area contributed by atoms with Gasteiger partial charge in [0.15, 0.2) is 0 Å². The summed E-state index contributed by atoms with van der Waals surface area (Å²) in [5, 5.41) is 0.899. The maximum atomic E-state index is 5.32. The van der Waals surface area contributed by atoms with Gasteiger partial charge in [-0.05, 0) is 44.0 Å². The van der Waals surface area contributed by atoms with Crippen LogP contribution in [0.1, 0.15) is 0 Å². The molecule has 2 aromatic rings. The minimum Gasteiger partial charge on any atom is -0.496 e. The second-order valence-corrected chi connectivity index (χ2v) is 4.76. The first-order chi connectivity index (χ1) is 7.69. The third-order valence-electron chi connectivity index (χ3n) is 2.28. The molecule has 0 bridgehead atoms. The molecule has 0 unspecified atom stereocenters. The Morgan fingerprint density at radius 1 is 1.06 bits per heavy atom. The molecule has 0 aliphatic heterocycles. The summed E-state index contributed by atoms with van der Waals surface area (Å²) in [7, 11) is 3.26. The summed E-state index contributed by atoms with van der Waals surface area (Å²) in [5.41, 5.74) is 0.775.